The van der Waals surface area contributed by atoms with Crippen LogP contribution in [-0.2, 0) is 9.59 Å². The maximum absolute atomic E-state index is 11.7. The van der Waals surface area contributed by atoms with Gasteiger partial charge in [0.1, 0.15) is 12.4 Å². The molecule has 0 bridgehead atoms. The van der Waals surface area contributed by atoms with Crippen LogP contribution in [0.1, 0.15) is 12.8 Å². The van der Waals surface area contributed by atoms with Crippen LogP contribution in [0.3, 0.4) is 0 Å². The van der Waals surface area contributed by atoms with E-state index in [0.29, 0.717) is 30.2 Å². The number of amides is 2. The van der Waals surface area contributed by atoms with Crippen molar-refractivity contribution in [2.75, 3.05) is 24.8 Å². The summed E-state index contributed by atoms with van der Waals surface area (Å²) in [6, 6.07) is -0.508. The zero-order chi connectivity index (χ0) is 13.8. The minimum Gasteiger partial charge on any atom is -0.490 e. The number of hydrogen-bond donors (Lipinski definition) is 3. The van der Waals surface area contributed by atoms with Crippen molar-refractivity contribution in [2.24, 2.45) is 0 Å². The fourth-order valence-corrected chi connectivity index (χ4v) is 1.84. The molecule has 1 aliphatic rings. The highest BCUT2D eigenvalue weighted by molar-refractivity contribution is 6.01. The van der Waals surface area contributed by atoms with Crippen molar-refractivity contribution in [3.63, 3.8) is 0 Å². The molecule has 0 saturated carbocycles. The van der Waals surface area contributed by atoms with Crippen LogP contribution in [0.4, 0.5) is 11.6 Å². The number of imide groups is 1. The summed E-state index contributed by atoms with van der Waals surface area (Å²) in [7, 11) is 3.20. The van der Waals surface area contributed by atoms with Gasteiger partial charge in [-0.25, -0.2) is 9.97 Å². The first-order valence-corrected chi connectivity index (χ1v) is 5.82. The van der Waals surface area contributed by atoms with Gasteiger partial charge in [-0.3, -0.25) is 14.9 Å². The number of nitrogens with one attached hydrogen (secondary N) is 3. The van der Waals surface area contributed by atoms with E-state index in [2.05, 4.69) is 25.9 Å². The Kier molecular flexibility index (Phi) is 3.79. The van der Waals surface area contributed by atoms with Crippen molar-refractivity contribution >= 4 is 23.5 Å². The topological polar surface area (TPSA) is 105 Å². The Balaban J connectivity index is 2.19. The van der Waals surface area contributed by atoms with Gasteiger partial charge in [-0.15, -0.1) is 0 Å². The summed E-state index contributed by atoms with van der Waals surface area (Å²) in [6.45, 7) is 0. The molecule has 19 heavy (non-hydrogen) atoms. The van der Waals surface area contributed by atoms with Gasteiger partial charge in [0.15, 0.2) is 11.6 Å². The summed E-state index contributed by atoms with van der Waals surface area (Å²) < 4.78 is 5.22. The molecule has 2 heterocycles. The minimum absolute atomic E-state index is 0.256. The molecule has 102 valence electrons. The molecule has 1 aromatic heterocycles. The van der Waals surface area contributed by atoms with E-state index in [0.717, 1.165) is 0 Å². The summed E-state index contributed by atoms with van der Waals surface area (Å²) >= 11 is 0. The van der Waals surface area contributed by atoms with Crippen molar-refractivity contribution in [1.29, 1.82) is 0 Å². The predicted octanol–water partition coefficient (Wildman–Crippen LogP) is -0.256. The zero-order valence-corrected chi connectivity index (χ0v) is 10.7. The third kappa shape index (κ3) is 2.72. The quantitative estimate of drug-likeness (QED) is 0.644. The highest BCUT2D eigenvalue weighted by Gasteiger charge is 2.27. The molecule has 3 N–H and O–H groups in total. The molecule has 1 saturated heterocycles. The molecule has 8 heteroatoms. The van der Waals surface area contributed by atoms with Gasteiger partial charge in [0, 0.05) is 13.5 Å². The van der Waals surface area contributed by atoms with Gasteiger partial charge >= 0.3 is 0 Å². The number of carbonyl (C=O) groups is 2. The molecule has 0 radical (unpaired) electrons. The van der Waals surface area contributed by atoms with E-state index in [1.165, 1.54) is 13.4 Å². The van der Waals surface area contributed by atoms with Crippen LogP contribution >= 0.6 is 0 Å². The van der Waals surface area contributed by atoms with Crippen LogP contribution in [0, 0.1) is 0 Å². The van der Waals surface area contributed by atoms with Crippen LogP contribution in [-0.4, -0.2) is 42.0 Å². The third-order valence-corrected chi connectivity index (χ3v) is 2.79. The number of aromatic nitrogens is 2. The smallest absolute Gasteiger partial charge is 0.249 e. The van der Waals surface area contributed by atoms with Gasteiger partial charge in [-0.05, 0) is 6.42 Å². The van der Waals surface area contributed by atoms with Gasteiger partial charge in [0.25, 0.3) is 0 Å². The summed E-state index contributed by atoms with van der Waals surface area (Å²) in [5, 5.41) is 8.11. The Labute approximate surface area is 110 Å². The molecule has 0 aliphatic carbocycles. The number of ether oxygens (including phenoxy) is 1. The Bertz CT molecular complexity index is 505. The zero-order valence-electron chi connectivity index (χ0n) is 10.7. The highest BCUT2D eigenvalue weighted by Crippen LogP contribution is 2.29. The second kappa shape index (κ2) is 5.51. The maximum Gasteiger partial charge on any atom is 0.249 e. The Morgan fingerprint density at radius 2 is 2.11 bits per heavy atom. The Morgan fingerprint density at radius 1 is 1.37 bits per heavy atom. The second-order valence-electron chi connectivity index (χ2n) is 4.00. The van der Waals surface area contributed by atoms with Gasteiger partial charge in [0.2, 0.25) is 17.6 Å². The van der Waals surface area contributed by atoms with Crippen molar-refractivity contribution in [1.82, 2.24) is 15.3 Å². The Hall–Kier alpha value is -2.38. The number of carbonyl (C=O) groups excluding carboxylic acids is 2. The monoisotopic (exact) mass is 265 g/mol. The lowest BCUT2D eigenvalue weighted by Gasteiger charge is -2.23. The van der Waals surface area contributed by atoms with Gasteiger partial charge < -0.3 is 15.4 Å². The molecule has 1 aliphatic heterocycles. The minimum atomic E-state index is -0.508. The third-order valence-electron chi connectivity index (χ3n) is 2.79. The van der Waals surface area contributed by atoms with Crippen molar-refractivity contribution < 1.29 is 14.3 Å². The lowest BCUT2D eigenvalue weighted by atomic mass is 10.1. The van der Waals surface area contributed by atoms with Gasteiger partial charge in [0.05, 0.1) is 7.11 Å². The number of methoxy groups -OCH3 is 1. The molecule has 1 unspecified atom stereocenters. The van der Waals surface area contributed by atoms with Crippen LogP contribution < -0.4 is 20.7 Å². The average molecular weight is 265 g/mol. The van der Waals surface area contributed by atoms with Crippen molar-refractivity contribution in [3.8, 4) is 5.75 Å². The summed E-state index contributed by atoms with van der Waals surface area (Å²) in [4.78, 5) is 30.8. The molecule has 2 amide bonds. The van der Waals surface area contributed by atoms with Crippen molar-refractivity contribution in [2.45, 2.75) is 18.9 Å². The largest absolute Gasteiger partial charge is 0.490 e. The SMILES string of the molecule is CNc1ncnc(NC2CCC(=O)NC2=O)c1OC. The maximum atomic E-state index is 11.7. The molecule has 8 nitrogen and oxygen atoms in total. The van der Waals surface area contributed by atoms with Crippen molar-refractivity contribution in [3.05, 3.63) is 6.33 Å². The molecular weight excluding hydrogens is 250 g/mol. The highest BCUT2D eigenvalue weighted by atomic mass is 16.5. The number of rotatable bonds is 4. The standard InChI is InChI=1S/C11H15N5O3/c1-12-9-8(19-2)10(14-5-13-9)15-6-3-4-7(17)16-11(6)18/h5-6H,3-4H2,1-2H3,(H,16,17,18)(H2,12,13,14,15). The van der Waals surface area contributed by atoms with E-state index in [1.54, 1.807) is 7.05 Å². The molecule has 1 fully saturated rings. The first-order chi connectivity index (χ1) is 9.15. The first-order valence-electron chi connectivity index (χ1n) is 5.82. The lowest BCUT2D eigenvalue weighted by Crippen LogP contribution is -2.47. The van der Waals surface area contributed by atoms with E-state index >= 15 is 0 Å². The van der Waals surface area contributed by atoms with E-state index in [-0.39, 0.29) is 11.8 Å². The molecule has 0 spiro atoms. The predicted molar refractivity (Wildman–Crippen MR) is 67.9 cm³/mol. The fourth-order valence-electron chi connectivity index (χ4n) is 1.84. The molecule has 2 rings (SSSR count). The fraction of sp³-hybridized carbons (Fsp3) is 0.455. The molecule has 1 atom stereocenters. The normalized spacial score (nSPS) is 18.7. The van der Waals surface area contributed by atoms with E-state index in [1.807, 2.05) is 0 Å². The molecule has 0 aromatic carbocycles. The number of hydrogen-bond acceptors (Lipinski definition) is 7. The average Bonchev–Trinajstić information content (AvgIpc) is 2.41. The van der Waals surface area contributed by atoms with Gasteiger partial charge in [-0.2, -0.15) is 0 Å². The van der Waals surface area contributed by atoms with Gasteiger partial charge in [-0.1, -0.05) is 0 Å². The Morgan fingerprint density at radius 3 is 2.74 bits per heavy atom. The van der Waals surface area contributed by atoms with Crippen LogP contribution in [0.15, 0.2) is 6.33 Å². The van der Waals surface area contributed by atoms with E-state index in [9.17, 15) is 9.59 Å². The van der Waals surface area contributed by atoms with Crippen LogP contribution in [0.2, 0.25) is 0 Å². The molecule has 1 aromatic rings. The van der Waals surface area contributed by atoms with Crippen LogP contribution in [0.5, 0.6) is 5.75 Å². The summed E-state index contributed by atoms with van der Waals surface area (Å²) in [5.74, 6) is 0.745. The van der Waals surface area contributed by atoms with E-state index in [4.69, 9.17) is 4.74 Å². The summed E-state index contributed by atoms with van der Waals surface area (Å²) in [6.07, 6.45) is 2.09. The van der Waals surface area contributed by atoms with E-state index < -0.39 is 6.04 Å². The van der Waals surface area contributed by atoms with Crippen LogP contribution in [0.25, 0.3) is 0 Å². The second-order valence-corrected chi connectivity index (χ2v) is 4.00. The number of nitrogens with zero attached hydrogens (tertiary/aromatic N) is 2. The number of anilines is 2. The number of piperidine rings is 1. The summed E-state index contributed by atoms with van der Waals surface area (Å²) in [5.41, 5.74) is 0. The molecular formula is C11H15N5O3. The first kappa shape index (κ1) is 13.1. The lowest BCUT2D eigenvalue weighted by molar-refractivity contribution is -0.133.